The first-order chi connectivity index (χ1) is 13.5. The lowest BCUT2D eigenvalue weighted by atomic mass is 10.0. The average molecular weight is 436 g/mol. The van der Waals surface area contributed by atoms with Crippen LogP contribution >= 0.6 is 22.9 Å². The Hall–Kier alpha value is -2.58. The number of thiophene rings is 1. The number of rotatable bonds is 5. The Kier molecular flexibility index (Phi) is 5.60. The van der Waals surface area contributed by atoms with Crippen LogP contribution in [0.2, 0.25) is 5.02 Å². The summed E-state index contributed by atoms with van der Waals surface area (Å²) in [5.74, 6) is -0.647. The molecule has 0 saturated heterocycles. The Morgan fingerprint density at radius 2 is 2.00 bits per heavy atom. The number of anilines is 2. The highest BCUT2D eigenvalue weighted by atomic mass is 35.5. The summed E-state index contributed by atoms with van der Waals surface area (Å²) in [5.41, 5.74) is 5.99. The van der Waals surface area contributed by atoms with Crippen molar-refractivity contribution < 1.29 is 19.1 Å². The van der Waals surface area contributed by atoms with Crippen LogP contribution in [0.25, 0.3) is 0 Å². The van der Waals surface area contributed by atoms with Crippen molar-refractivity contribution in [3.8, 4) is 5.75 Å². The Balaban J connectivity index is 1.78. The third-order valence-electron chi connectivity index (χ3n) is 4.78. The first kappa shape index (κ1) is 21.1. The number of aryl methyl sites for hydroxylation is 1. The summed E-state index contributed by atoms with van der Waals surface area (Å²) >= 11 is 7.38. The van der Waals surface area contributed by atoms with E-state index in [9.17, 15) is 14.4 Å². The molecule has 0 radical (unpaired) electrons. The maximum Gasteiger partial charge on any atom is 0.270 e. The van der Waals surface area contributed by atoms with Crippen LogP contribution in [-0.4, -0.2) is 29.9 Å². The summed E-state index contributed by atoms with van der Waals surface area (Å²) in [7, 11) is 0. The average Bonchev–Trinajstić information content (AvgIpc) is 2.89. The summed E-state index contributed by atoms with van der Waals surface area (Å²) in [6.07, 6.45) is 0.0297. The summed E-state index contributed by atoms with van der Waals surface area (Å²) in [6, 6.07) is 5.03. The molecule has 2 aromatic rings. The van der Waals surface area contributed by atoms with Crippen molar-refractivity contribution in [1.82, 2.24) is 0 Å². The van der Waals surface area contributed by atoms with Gasteiger partial charge in [-0.2, -0.15) is 0 Å². The standard InChI is InChI=1S/C20H22ClN3O4S/c1-10-11(2)29-18(16(10)17(22)26)23-15(25)7-8-24-13-9-12(21)5-6-14(13)28-20(3,4)19(24)27/h5-6,9H,7-8H2,1-4H3,(H2,22,26)(H,23,25). The van der Waals surface area contributed by atoms with Crippen molar-refractivity contribution in [2.24, 2.45) is 5.73 Å². The van der Waals surface area contributed by atoms with Crippen LogP contribution in [-0.2, 0) is 9.59 Å². The molecule has 3 rings (SSSR count). The maximum atomic E-state index is 12.9. The Bertz CT molecular complexity index is 1020. The van der Waals surface area contributed by atoms with Crippen molar-refractivity contribution in [2.45, 2.75) is 39.7 Å². The minimum absolute atomic E-state index is 0.0297. The van der Waals surface area contributed by atoms with Gasteiger partial charge in [0.1, 0.15) is 10.8 Å². The van der Waals surface area contributed by atoms with Gasteiger partial charge in [-0.25, -0.2) is 0 Å². The fourth-order valence-electron chi connectivity index (χ4n) is 3.18. The molecule has 1 aromatic carbocycles. The van der Waals surface area contributed by atoms with Crippen LogP contribution in [0.15, 0.2) is 18.2 Å². The number of ether oxygens (including phenoxy) is 1. The minimum atomic E-state index is -1.06. The monoisotopic (exact) mass is 435 g/mol. The van der Waals surface area contributed by atoms with E-state index in [1.165, 1.54) is 16.2 Å². The zero-order valence-corrected chi connectivity index (χ0v) is 18.2. The molecule has 3 amide bonds. The highest BCUT2D eigenvalue weighted by Gasteiger charge is 2.41. The van der Waals surface area contributed by atoms with Gasteiger partial charge in [0.25, 0.3) is 11.8 Å². The molecule has 1 aliphatic heterocycles. The van der Waals surface area contributed by atoms with Crippen LogP contribution < -0.4 is 20.7 Å². The molecule has 0 bridgehead atoms. The molecule has 2 heterocycles. The van der Waals surface area contributed by atoms with Crippen molar-refractivity contribution >= 4 is 51.3 Å². The van der Waals surface area contributed by atoms with E-state index in [1.807, 2.05) is 6.92 Å². The van der Waals surface area contributed by atoms with Crippen LogP contribution in [0.3, 0.4) is 0 Å². The van der Waals surface area contributed by atoms with Gasteiger partial charge in [0.15, 0.2) is 5.60 Å². The molecule has 7 nitrogen and oxygen atoms in total. The molecular weight excluding hydrogens is 414 g/mol. The number of nitrogens with two attached hydrogens (primary N) is 1. The zero-order valence-electron chi connectivity index (χ0n) is 16.6. The van der Waals surface area contributed by atoms with E-state index in [0.717, 1.165) is 10.4 Å². The molecule has 0 spiro atoms. The smallest absolute Gasteiger partial charge is 0.270 e. The van der Waals surface area contributed by atoms with E-state index in [-0.39, 0.29) is 24.8 Å². The Morgan fingerprint density at radius 1 is 1.31 bits per heavy atom. The lowest BCUT2D eigenvalue weighted by molar-refractivity contribution is -0.132. The number of carbonyl (C=O) groups is 3. The van der Waals surface area contributed by atoms with Crippen LogP contribution in [0.4, 0.5) is 10.7 Å². The number of fused-ring (bicyclic) bond motifs is 1. The lowest BCUT2D eigenvalue weighted by Gasteiger charge is -2.38. The van der Waals surface area contributed by atoms with Gasteiger partial charge in [-0.3, -0.25) is 14.4 Å². The molecule has 3 N–H and O–H groups in total. The van der Waals surface area contributed by atoms with E-state index < -0.39 is 11.5 Å². The lowest BCUT2D eigenvalue weighted by Crippen LogP contribution is -2.53. The molecule has 154 valence electrons. The van der Waals surface area contributed by atoms with Gasteiger partial charge in [0.05, 0.1) is 11.3 Å². The molecule has 9 heteroatoms. The normalized spacial score (nSPS) is 14.9. The molecule has 0 aliphatic carbocycles. The highest BCUT2D eigenvalue weighted by Crippen LogP contribution is 2.39. The molecular formula is C20H22ClN3O4S. The topological polar surface area (TPSA) is 102 Å². The molecule has 1 aliphatic rings. The van der Waals surface area contributed by atoms with Crippen molar-refractivity contribution in [1.29, 1.82) is 0 Å². The molecule has 0 unspecified atom stereocenters. The fraction of sp³-hybridized carbons (Fsp3) is 0.350. The summed E-state index contributed by atoms with van der Waals surface area (Å²) in [5, 5.41) is 3.64. The quantitative estimate of drug-likeness (QED) is 0.748. The highest BCUT2D eigenvalue weighted by molar-refractivity contribution is 7.16. The molecule has 29 heavy (non-hydrogen) atoms. The van der Waals surface area contributed by atoms with E-state index in [4.69, 9.17) is 22.1 Å². The van der Waals surface area contributed by atoms with Gasteiger partial charge in [0, 0.05) is 22.9 Å². The second-order valence-electron chi connectivity index (χ2n) is 7.33. The number of halogens is 1. The number of hydrogen-bond acceptors (Lipinski definition) is 5. The van der Waals surface area contributed by atoms with E-state index >= 15 is 0 Å². The van der Waals surface area contributed by atoms with Gasteiger partial charge < -0.3 is 20.7 Å². The van der Waals surface area contributed by atoms with E-state index in [2.05, 4.69) is 5.32 Å². The Labute approximate surface area is 177 Å². The first-order valence-electron chi connectivity index (χ1n) is 9.01. The predicted octanol–water partition coefficient (Wildman–Crippen LogP) is 3.65. The van der Waals surface area contributed by atoms with Gasteiger partial charge in [-0.15, -0.1) is 11.3 Å². The predicted molar refractivity (Wildman–Crippen MR) is 114 cm³/mol. The molecule has 0 atom stereocenters. The van der Waals surface area contributed by atoms with Crippen LogP contribution in [0.1, 0.15) is 41.1 Å². The number of nitrogens with one attached hydrogen (secondary N) is 1. The summed E-state index contributed by atoms with van der Waals surface area (Å²) in [6.45, 7) is 7.14. The number of amides is 3. The zero-order chi connectivity index (χ0) is 21.5. The number of carbonyl (C=O) groups excluding carboxylic acids is 3. The second kappa shape index (κ2) is 7.68. The van der Waals surface area contributed by atoms with Crippen LogP contribution in [0, 0.1) is 13.8 Å². The van der Waals surface area contributed by atoms with Crippen molar-refractivity contribution in [3.05, 3.63) is 39.2 Å². The Morgan fingerprint density at radius 3 is 2.66 bits per heavy atom. The molecule has 0 saturated carbocycles. The van der Waals surface area contributed by atoms with Gasteiger partial charge in [0.2, 0.25) is 5.91 Å². The van der Waals surface area contributed by atoms with E-state index in [1.54, 1.807) is 39.0 Å². The molecule has 0 fully saturated rings. The summed E-state index contributed by atoms with van der Waals surface area (Å²) < 4.78 is 5.78. The number of hydrogen-bond donors (Lipinski definition) is 2. The SMILES string of the molecule is Cc1sc(NC(=O)CCN2C(=O)C(C)(C)Oc3ccc(Cl)cc32)c(C(N)=O)c1C. The number of benzene rings is 1. The molecule has 1 aromatic heterocycles. The number of primary amides is 1. The minimum Gasteiger partial charge on any atom is -0.476 e. The van der Waals surface area contributed by atoms with Crippen molar-refractivity contribution in [2.75, 3.05) is 16.8 Å². The van der Waals surface area contributed by atoms with Crippen LogP contribution in [0.5, 0.6) is 5.75 Å². The van der Waals surface area contributed by atoms with Gasteiger partial charge in [-0.1, -0.05) is 11.6 Å². The fourth-order valence-corrected chi connectivity index (χ4v) is 4.43. The third-order valence-corrected chi connectivity index (χ3v) is 6.14. The number of nitrogens with zero attached hydrogens (tertiary/aromatic N) is 1. The van der Waals surface area contributed by atoms with Gasteiger partial charge >= 0.3 is 0 Å². The first-order valence-corrected chi connectivity index (χ1v) is 10.2. The third kappa shape index (κ3) is 4.09. The summed E-state index contributed by atoms with van der Waals surface area (Å²) in [4.78, 5) is 39.5. The van der Waals surface area contributed by atoms with Gasteiger partial charge in [-0.05, 0) is 51.5 Å². The maximum absolute atomic E-state index is 12.9. The van der Waals surface area contributed by atoms with Crippen molar-refractivity contribution in [3.63, 3.8) is 0 Å². The van der Waals surface area contributed by atoms with E-state index in [0.29, 0.717) is 27.0 Å². The largest absolute Gasteiger partial charge is 0.476 e. The second-order valence-corrected chi connectivity index (χ2v) is 8.99.